The number of aromatic nitrogens is 2. The summed E-state index contributed by atoms with van der Waals surface area (Å²) in [6.07, 6.45) is 1.80. The molecule has 0 radical (unpaired) electrons. The summed E-state index contributed by atoms with van der Waals surface area (Å²) < 4.78 is 51.5. The summed E-state index contributed by atoms with van der Waals surface area (Å²) >= 11 is 5.92. The van der Waals surface area contributed by atoms with E-state index in [0.29, 0.717) is 5.65 Å². The predicted molar refractivity (Wildman–Crippen MR) is 77.6 cm³/mol. The Kier molecular flexibility index (Phi) is 3.47. The van der Waals surface area contributed by atoms with Crippen molar-refractivity contribution in [2.75, 3.05) is 11.5 Å². The number of nitrogens with zero attached hydrogens (tertiary/aromatic N) is 2. The Morgan fingerprint density at radius 2 is 2.14 bits per heavy atom. The van der Waals surface area contributed by atoms with Crippen molar-refractivity contribution < 1.29 is 16.8 Å². The highest BCUT2D eigenvalue weighted by Crippen LogP contribution is 2.23. The van der Waals surface area contributed by atoms with Gasteiger partial charge in [-0.15, -0.1) is 0 Å². The number of imidazole rings is 1. The molecule has 1 atom stereocenters. The number of nitrogens with one attached hydrogen (secondary N) is 1. The highest BCUT2D eigenvalue weighted by atomic mass is 35.5. The molecule has 2 aromatic heterocycles. The van der Waals surface area contributed by atoms with E-state index in [-0.39, 0.29) is 28.1 Å². The summed E-state index contributed by atoms with van der Waals surface area (Å²) in [5.74, 6) is -0.207. The molecular weight excluding hydrogens is 338 g/mol. The van der Waals surface area contributed by atoms with E-state index in [4.69, 9.17) is 11.6 Å². The minimum absolute atomic E-state index is 0.0128. The van der Waals surface area contributed by atoms with Crippen LogP contribution < -0.4 is 4.72 Å². The molecule has 114 valence electrons. The topological polar surface area (TPSA) is 97.6 Å². The molecule has 0 aromatic carbocycles. The summed E-state index contributed by atoms with van der Waals surface area (Å²) in [6, 6.07) is 4.37. The quantitative estimate of drug-likeness (QED) is 0.867. The molecule has 0 amide bonds. The van der Waals surface area contributed by atoms with Crippen LogP contribution in [0.2, 0.25) is 5.15 Å². The first-order valence-corrected chi connectivity index (χ1v) is 9.82. The molecule has 1 unspecified atom stereocenters. The van der Waals surface area contributed by atoms with Crippen molar-refractivity contribution in [3.05, 3.63) is 29.5 Å². The SMILES string of the molecule is O=S1(=O)CCC(NS(=O)(=O)c2c(Cl)nc3ccccn23)C1. The van der Waals surface area contributed by atoms with Gasteiger partial charge in [0.2, 0.25) is 0 Å². The van der Waals surface area contributed by atoms with Gasteiger partial charge in [0, 0.05) is 12.2 Å². The zero-order valence-electron chi connectivity index (χ0n) is 10.7. The van der Waals surface area contributed by atoms with Crippen LogP contribution >= 0.6 is 11.6 Å². The van der Waals surface area contributed by atoms with Crippen molar-refractivity contribution in [1.29, 1.82) is 0 Å². The Hall–Kier alpha value is -1.16. The van der Waals surface area contributed by atoms with Crippen LogP contribution in [0.5, 0.6) is 0 Å². The highest BCUT2D eigenvalue weighted by molar-refractivity contribution is 7.92. The van der Waals surface area contributed by atoms with Gasteiger partial charge in [0.1, 0.15) is 5.65 Å². The first-order chi connectivity index (χ1) is 9.78. The van der Waals surface area contributed by atoms with Gasteiger partial charge in [0.25, 0.3) is 10.0 Å². The predicted octanol–water partition coefficient (Wildman–Crippen LogP) is 0.453. The highest BCUT2D eigenvalue weighted by Gasteiger charge is 2.33. The summed E-state index contributed by atoms with van der Waals surface area (Å²) in [5.41, 5.74) is 0.405. The van der Waals surface area contributed by atoms with Gasteiger partial charge >= 0.3 is 0 Å². The van der Waals surface area contributed by atoms with Crippen molar-refractivity contribution in [2.24, 2.45) is 0 Å². The third-order valence-electron chi connectivity index (χ3n) is 3.26. The van der Waals surface area contributed by atoms with Crippen LogP contribution in [-0.4, -0.2) is 43.8 Å². The molecule has 1 aliphatic heterocycles. The molecule has 0 spiro atoms. The lowest BCUT2D eigenvalue weighted by Crippen LogP contribution is -2.36. The van der Waals surface area contributed by atoms with Gasteiger partial charge in [-0.3, -0.25) is 4.40 Å². The van der Waals surface area contributed by atoms with E-state index in [0.717, 1.165) is 0 Å². The number of fused-ring (bicyclic) bond motifs is 1. The van der Waals surface area contributed by atoms with Gasteiger partial charge in [-0.25, -0.2) is 26.5 Å². The van der Waals surface area contributed by atoms with Crippen molar-refractivity contribution >= 4 is 37.1 Å². The fourth-order valence-electron chi connectivity index (χ4n) is 2.35. The lowest BCUT2D eigenvalue weighted by atomic mass is 10.3. The maximum atomic E-state index is 12.4. The third kappa shape index (κ3) is 2.78. The van der Waals surface area contributed by atoms with Crippen LogP contribution in [0.1, 0.15) is 6.42 Å². The minimum Gasteiger partial charge on any atom is -0.288 e. The van der Waals surface area contributed by atoms with E-state index in [1.165, 1.54) is 10.6 Å². The number of hydrogen-bond acceptors (Lipinski definition) is 5. The van der Waals surface area contributed by atoms with Crippen LogP contribution in [-0.2, 0) is 19.9 Å². The molecule has 1 fully saturated rings. The number of pyridine rings is 1. The third-order valence-corrected chi connectivity index (χ3v) is 6.94. The van der Waals surface area contributed by atoms with E-state index in [2.05, 4.69) is 9.71 Å². The van der Waals surface area contributed by atoms with Crippen molar-refractivity contribution in [3.63, 3.8) is 0 Å². The lowest BCUT2D eigenvalue weighted by Gasteiger charge is -2.11. The van der Waals surface area contributed by atoms with Crippen LogP contribution in [0.4, 0.5) is 0 Å². The van der Waals surface area contributed by atoms with Gasteiger partial charge in [0.15, 0.2) is 20.0 Å². The van der Waals surface area contributed by atoms with E-state index in [9.17, 15) is 16.8 Å². The Labute approximate surface area is 126 Å². The van der Waals surface area contributed by atoms with Crippen LogP contribution in [0.25, 0.3) is 5.65 Å². The average Bonchev–Trinajstić information content (AvgIpc) is 2.87. The fraction of sp³-hybridized carbons (Fsp3) is 0.364. The first kappa shape index (κ1) is 14.8. The van der Waals surface area contributed by atoms with E-state index >= 15 is 0 Å². The second-order valence-electron chi connectivity index (χ2n) is 4.86. The fourth-order valence-corrected chi connectivity index (χ4v) is 6.04. The van der Waals surface area contributed by atoms with Crippen LogP contribution in [0, 0.1) is 0 Å². The minimum atomic E-state index is -3.95. The number of hydrogen-bond donors (Lipinski definition) is 1. The summed E-state index contributed by atoms with van der Waals surface area (Å²) in [6.45, 7) is 0. The molecule has 10 heteroatoms. The lowest BCUT2D eigenvalue weighted by molar-refractivity contribution is 0.558. The van der Waals surface area contributed by atoms with Gasteiger partial charge in [-0.2, -0.15) is 0 Å². The average molecular weight is 350 g/mol. The molecule has 3 rings (SSSR count). The molecule has 0 saturated carbocycles. The van der Waals surface area contributed by atoms with Gasteiger partial charge in [-0.1, -0.05) is 17.7 Å². The zero-order chi connectivity index (χ0) is 15.3. The molecule has 0 aliphatic carbocycles. The summed E-state index contributed by atoms with van der Waals surface area (Å²) in [5, 5.41) is -0.321. The van der Waals surface area contributed by atoms with E-state index in [1.54, 1.807) is 18.2 Å². The second kappa shape index (κ2) is 4.94. The molecule has 21 heavy (non-hydrogen) atoms. The summed E-state index contributed by atoms with van der Waals surface area (Å²) in [4.78, 5) is 3.97. The molecule has 1 N–H and O–H groups in total. The Morgan fingerprint density at radius 1 is 1.38 bits per heavy atom. The Morgan fingerprint density at radius 3 is 2.81 bits per heavy atom. The number of sulfone groups is 1. The second-order valence-corrected chi connectivity index (χ2v) is 9.07. The first-order valence-electron chi connectivity index (χ1n) is 6.14. The molecule has 7 nitrogen and oxygen atoms in total. The largest absolute Gasteiger partial charge is 0.288 e. The number of rotatable bonds is 3. The molecule has 3 heterocycles. The van der Waals surface area contributed by atoms with E-state index < -0.39 is 25.9 Å². The smallest absolute Gasteiger partial charge is 0.260 e. The van der Waals surface area contributed by atoms with Crippen molar-refractivity contribution in [2.45, 2.75) is 17.5 Å². The maximum Gasteiger partial charge on any atom is 0.260 e. The number of halogens is 1. The zero-order valence-corrected chi connectivity index (χ0v) is 13.1. The Bertz CT molecular complexity index is 905. The van der Waals surface area contributed by atoms with Crippen LogP contribution in [0.15, 0.2) is 29.4 Å². The van der Waals surface area contributed by atoms with Gasteiger partial charge in [-0.05, 0) is 18.6 Å². The van der Waals surface area contributed by atoms with Crippen molar-refractivity contribution in [3.8, 4) is 0 Å². The number of sulfonamides is 1. The molecule has 1 saturated heterocycles. The van der Waals surface area contributed by atoms with Gasteiger partial charge in [0.05, 0.1) is 11.5 Å². The van der Waals surface area contributed by atoms with Crippen LogP contribution in [0.3, 0.4) is 0 Å². The molecular formula is C11H12ClN3O4S2. The summed E-state index contributed by atoms with van der Waals surface area (Å²) in [7, 11) is -7.13. The van der Waals surface area contributed by atoms with Gasteiger partial charge < -0.3 is 0 Å². The standard InChI is InChI=1S/C11H12ClN3O4S2/c12-10-11(15-5-2-1-3-9(15)13-10)21(18,19)14-8-4-6-20(16,17)7-8/h1-3,5,8,14H,4,6-7H2. The Balaban J connectivity index is 1.99. The van der Waals surface area contributed by atoms with Crippen molar-refractivity contribution in [1.82, 2.24) is 14.1 Å². The van der Waals surface area contributed by atoms with E-state index in [1.807, 2.05) is 0 Å². The molecule has 2 aromatic rings. The monoisotopic (exact) mass is 349 g/mol. The normalized spacial score (nSPS) is 21.9. The molecule has 1 aliphatic rings. The molecule has 0 bridgehead atoms. The maximum absolute atomic E-state index is 12.4.